The predicted octanol–water partition coefficient (Wildman–Crippen LogP) is 2.55. The van der Waals surface area contributed by atoms with Crippen LogP contribution < -0.4 is 0 Å². The van der Waals surface area contributed by atoms with E-state index in [1.807, 2.05) is 0 Å². The lowest BCUT2D eigenvalue weighted by Gasteiger charge is -2.11. The Hall–Kier alpha value is -1.28. The SMILES string of the molecule is N#CC1(c2cc(F)c(O)c(Br)c2O)CC1. The molecule has 1 aromatic carbocycles. The van der Waals surface area contributed by atoms with Crippen LogP contribution >= 0.6 is 15.9 Å². The second-order valence-electron chi connectivity index (χ2n) is 3.61. The Labute approximate surface area is 93.9 Å². The van der Waals surface area contributed by atoms with Gasteiger partial charge in [0.15, 0.2) is 11.6 Å². The quantitative estimate of drug-likeness (QED) is 0.825. The third kappa shape index (κ3) is 1.37. The van der Waals surface area contributed by atoms with Crippen molar-refractivity contribution in [1.29, 1.82) is 5.26 Å². The van der Waals surface area contributed by atoms with Crippen molar-refractivity contribution in [2.45, 2.75) is 18.3 Å². The van der Waals surface area contributed by atoms with Crippen LogP contribution in [0.4, 0.5) is 4.39 Å². The van der Waals surface area contributed by atoms with Gasteiger partial charge >= 0.3 is 0 Å². The molecule has 5 heteroatoms. The molecule has 1 aliphatic carbocycles. The highest BCUT2D eigenvalue weighted by atomic mass is 79.9. The van der Waals surface area contributed by atoms with E-state index in [0.717, 1.165) is 6.07 Å². The second kappa shape index (κ2) is 3.11. The van der Waals surface area contributed by atoms with Gasteiger partial charge in [-0.05, 0) is 34.8 Å². The van der Waals surface area contributed by atoms with Gasteiger partial charge in [0.05, 0.1) is 11.5 Å². The topological polar surface area (TPSA) is 64.2 Å². The molecule has 2 N–H and O–H groups in total. The monoisotopic (exact) mass is 271 g/mol. The zero-order valence-electron chi connectivity index (χ0n) is 7.59. The highest BCUT2D eigenvalue weighted by molar-refractivity contribution is 9.10. The average Bonchev–Trinajstić information content (AvgIpc) is 3.01. The highest BCUT2D eigenvalue weighted by Gasteiger charge is 2.47. The maximum absolute atomic E-state index is 13.2. The Bertz CT molecular complexity index is 477. The van der Waals surface area contributed by atoms with E-state index in [0.29, 0.717) is 12.8 Å². The summed E-state index contributed by atoms with van der Waals surface area (Å²) in [6, 6.07) is 3.07. The number of nitrogens with zero attached hydrogens (tertiary/aromatic N) is 1. The van der Waals surface area contributed by atoms with Gasteiger partial charge in [-0.2, -0.15) is 5.26 Å². The molecule has 0 aromatic heterocycles. The van der Waals surface area contributed by atoms with Crippen molar-refractivity contribution in [3.05, 3.63) is 21.9 Å². The second-order valence-corrected chi connectivity index (χ2v) is 4.40. The normalized spacial score (nSPS) is 17.1. The van der Waals surface area contributed by atoms with Crippen LogP contribution in [0.5, 0.6) is 11.5 Å². The van der Waals surface area contributed by atoms with Gasteiger partial charge in [0.1, 0.15) is 10.2 Å². The van der Waals surface area contributed by atoms with Crippen LogP contribution in [0.3, 0.4) is 0 Å². The molecule has 0 spiro atoms. The van der Waals surface area contributed by atoms with Gasteiger partial charge in [0, 0.05) is 5.56 Å². The predicted molar refractivity (Wildman–Crippen MR) is 54.0 cm³/mol. The minimum absolute atomic E-state index is 0.0981. The molecule has 0 heterocycles. The first-order valence-electron chi connectivity index (χ1n) is 4.33. The molecule has 3 nitrogen and oxygen atoms in total. The molecule has 0 saturated heterocycles. The van der Waals surface area contributed by atoms with E-state index in [-0.39, 0.29) is 15.8 Å². The van der Waals surface area contributed by atoms with Crippen molar-refractivity contribution in [1.82, 2.24) is 0 Å². The van der Waals surface area contributed by atoms with E-state index in [1.165, 1.54) is 0 Å². The molecule has 1 aromatic rings. The zero-order chi connectivity index (χ0) is 11.2. The number of hydrogen-bond acceptors (Lipinski definition) is 3. The van der Waals surface area contributed by atoms with Crippen molar-refractivity contribution >= 4 is 15.9 Å². The first-order chi connectivity index (χ1) is 7.02. The molecule has 0 bridgehead atoms. The van der Waals surface area contributed by atoms with Gasteiger partial charge < -0.3 is 10.2 Å². The van der Waals surface area contributed by atoms with Crippen molar-refractivity contribution in [2.75, 3.05) is 0 Å². The number of phenolic OH excluding ortho intramolecular Hbond substituents is 2. The largest absolute Gasteiger partial charge is 0.506 e. The number of hydrogen-bond donors (Lipinski definition) is 2. The summed E-state index contributed by atoms with van der Waals surface area (Å²) >= 11 is 2.88. The number of nitriles is 1. The molecule has 15 heavy (non-hydrogen) atoms. The highest BCUT2D eigenvalue weighted by Crippen LogP contribution is 2.53. The average molecular weight is 272 g/mol. The summed E-state index contributed by atoms with van der Waals surface area (Å²) in [4.78, 5) is 0. The molecule has 78 valence electrons. The number of rotatable bonds is 1. The third-order valence-electron chi connectivity index (χ3n) is 2.65. The van der Waals surface area contributed by atoms with Crippen molar-refractivity contribution in [2.24, 2.45) is 0 Å². The standard InChI is InChI=1S/C10H7BrFNO2/c11-7-8(14)5(3-6(12)9(7)15)10(4-13)1-2-10/h3,14-15H,1-2H2. The Kier molecular flexibility index (Phi) is 2.12. The number of halogens is 2. The molecule has 0 atom stereocenters. The molecule has 1 fully saturated rings. The Morgan fingerprint density at radius 3 is 2.47 bits per heavy atom. The van der Waals surface area contributed by atoms with Gasteiger partial charge in [0.25, 0.3) is 0 Å². The maximum Gasteiger partial charge on any atom is 0.169 e. The molecule has 2 rings (SSSR count). The van der Waals surface area contributed by atoms with Crippen LogP contribution in [0.25, 0.3) is 0 Å². The summed E-state index contributed by atoms with van der Waals surface area (Å²) in [6.45, 7) is 0. The van der Waals surface area contributed by atoms with Crippen LogP contribution in [-0.2, 0) is 5.41 Å². The molecule has 0 amide bonds. The van der Waals surface area contributed by atoms with E-state index in [4.69, 9.17) is 5.26 Å². The van der Waals surface area contributed by atoms with E-state index in [2.05, 4.69) is 22.0 Å². The first-order valence-corrected chi connectivity index (χ1v) is 5.13. The first kappa shape index (κ1) is 10.2. The Morgan fingerprint density at radius 1 is 1.40 bits per heavy atom. The smallest absolute Gasteiger partial charge is 0.169 e. The number of phenols is 2. The van der Waals surface area contributed by atoms with Crippen molar-refractivity contribution in [3.8, 4) is 17.6 Å². The minimum atomic E-state index is -0.837. The summed E-state index contributed by atoms with van der Waals surface area (Å²) in [7, 11) is 0. The van der Waals surface area contributed by atoms with Gasteiger partial charge in [-0.15, -0.1) is 0 Å². The molecule has 1 saturated carbocycles. The molecule has 1 aliphatic rings. The lowest BCUT2D eigenvalue weighted by Crippen LogP contribution is -2.04. The van der Waals surface area contributed by atoms with Crippen LogP contribution in [0.1, 0.15) is 18.4 Å². The summed E-state index contributed by atoms with van der Waals surface area (Å²) in [6.07, 6.45) is 1.21. The lowest BCUT2D eigenvalue weighted by molar-refractivity contribution is 0.409. The van der Waals surface area contributed by atoms with Crippen LogP contribution in [-0.4, -0.2) is 10.2 Å². The van der Waals surface area contributed by atoms with Gasteiger partial charge in [0.2, 0.25) is 0 Å². The third-order valence-corrected chi connectivity index (χ3v) is 3.40. The summed E-state index contributed by atoms with van der Waals surface area (Å²) in [5.74, 6) is -1.73. The number of aromatic hydroxyl groups is 2. The minimum Gasteiger partial charge on any atom is -0.506 e. The van der Waals surface area contributed by atoms with Gasteiger partial charge in [-0.1, -0.05) is 0 Å². The van der Waals surface area contributed by atoms with Crippen molar-refractivity contribution < 1.29 is 14.6 Å². The summed E-state index contributed by atoms with van der Waals surface area (Å²) in [5.41, 5.74) is -0.534. The summed E-state index contributed by atoms with van der Waals surface area (Å²) < 4.78 is 13.1. The van der Waals surface area contributed by atoms with Crippen LogP contribution in [0.15, 0.2) is 10.5 Å². The van der Waals surface area contributed by atoms with E-state index in [9.17, 15) is 14.6 Å². The molecular formula is C10H7BrFNO2. The van der Waals surface area contributed by atoms with Gasteiger partial charge in [-0.25, -0.2) is 4.39 Å². The van der Waals surface area contributed by atoms with E-state index in [1.54, 1.807) is 0 Å². The summed E-state index contributed by atoms with van der Waals surface area (Å²) in [5, 5.41) is 27.8. The Morgan fingerprint density at radius 2 is 2.00 bits per heavy atom. The van der Waals surface area contributed by atoms with Crippen LogP contribution in [0, 0.1) is 17.1 Å². The molecular weight excluding hydrogens is 265 g/mol. The number of benzene rings is 1. The Balaban J connectivity index is 2.65. The molecule has 0 unspecified atom stereocenters. The fraction of sp³-hybridized carbons (Fsp3) is 0.300. The van der Waals surface area contributed by atoms with Crippen molar-refractivity contribution in [3.63, 3.8) is 0 Å². The molecule has 0 radical (unpaired) electrons. The van der Waals surface area contributed by atoms with E-state index >= 15 is 0 Å². The lowest BCUT2D eigenvalue weighted by atomic mass is 9.96. The molecule has 0 aliphatic heterocycles. The maximum atomic E-state index is 13.2. The fourth-order valence-electron chi connectivity index (χ4n) is 1.53. The zero-order valence-corrected chi connectivity index (χ0v) is 9.18. The fourth-order valence-corrected chi connectivity index (χ4v) is 1.93. The van der Waals surface area contributed by atoms with E-state index < -0.39 is 17.0 Å². The van der Waals surface area contributed by atoms with Crippen LogP contribution in [0.2, 0.25) is 0 Å². The van der Waals surface area contributed by atoms with Gasteiger partial charge in [-0.3, -0.25) is 0 Å².